The molecule has 3 aliphatic heterocycles. The SMILES string of the molecule is C[C@@H]1CN(C(=O)CN2CCN(S(=O)(=O)N3CCN(C)CC3)CC2)C[C@H](C)O1.O=CO. The van der Waals surface area contributed by atoms with Crippen LogP contribution in [0.1, 0.15) is 13.8 Å². The van der Waals surface area contributed by atoms with Crippen molar-refractivity contribution in [1.29, 1.82) is 0 Å². The molecule has 3 aliphatic rings. The Kier molecular flexibility index (Phi) is 9.44. The van der Waals surface area contributed by atoms with Crippen molar-refractivity contribution < 1.29 is 27.9 Å². The van der Waals surface area contributed by atoms with E-state index in [-0.39, 0.29) is 24.6 Å². The van der Waals surface area contributed by atoms with E-state index in [9.17, 15) is 13.2 Å². The van der Waals surface area contributed by atoms with E-state index in [0.29, 0.717) is 58.9 Å². The van der Waals surface area contributed by atoms with Crippen LogP contribution in [0, 0.1) is 0 Å². The van der Waals surface area contributed by atoms with Crippen molar-refractivity contribution in [2.24, 2.45) is 0 Å². The van der Waals surface area contributed by atoms with E-state index in [1.807, 2.05) is 25.8 Å². The van der Waals surface area contributed by atoms with Crippen molar-refractivity contribution in [3.05, 3.63) is 0 Å². The molecule has 3 heterocycles. The maximum absolute atomic E-state index is 12.8. The highest BCUT2D eigenvalue weighted by Crippen LogP contribution is 2.15. The largest absolute Gasteiger partial charge is 0.483 e. The van der Waals surface area contributed by atoms with Gasteiger partial charge in [0.05, 0.1) is 18.8 Å². The topological polar surface area (TPSA) is 114 Å². The molecule has 3 fully saturated rings. The second-order valence-electron chi connectivity index (χ2n) is 8.05. The summed E-state index contributed by atoms with van der Waals surface area (Å²) in [5.41, 5.74) is 0. The lowest BCUT2D eigenvalue weighted by molar-refractivity contribution is -0.144. The molecule has 174 valence electrons. The Labute approximate surface area is 179 Å². The van der Waals surface area contributed by atoms with E-state index in [1.165, 1.54) is 0 Å². The molecule has 0 aliphatic carbocycles. The predicted molar refractivity (Wildman–Crippen MR) is 111 cm³/mol. The average molecular weight is 450 g/mol. The lowest BCUT2D eigenvalue weighted by atomic mass is 10.2. The molecule has 0 aromatic rings. The van der Waals surface area contributed by atoms with Gasteiger partial charge in [0.25, 0.3) is 16.7 Å². The third-order valence-corrected chi connectivity index (χ3v) is 7.61. The molecule has 0 unspecified atom stereocenters. The molecule has 12 heteroatoms. The maximum atomic E-state index is 12.8. The van der Waals surface area contributed by atoms with Crippen LogP contribution >= 0.6 is 0 Å². The third kappa shape index (κ3) is 6.86. The molecule has 0 radical (unpaired) electrons. The average Bonchev–Trinajstić information content (AvgIpc) is 2.68. The molecule has 30 heavy (non-hydrogen) atoms. The van der Waals surface area contributed by atoms with Crippen LogP contribution in [0.3, 0.4) is 0 Å². The molecule has 0 spiro atoms. The molecule has 0 aromatic heterocycles. The van der Waals surface area contributed by atoms with E-state index in [1.54, 1.807) is 8.61 Å². The lowest BCUT2D eigenvalue weighted by Gasteiger charge is -2.40. The normalized spacial score (nSPS) is 27.9. The molecular weight excluding hydrogens is 414 g/mol. The number of rotatable bonds is 4. The number of ether oxygens (including phenoxy) is 1. The van der Waals surface area contributed by atoms with Crippen molar-refractivity contribution in [2.75, 3.05) is 79.0 Å². The fraction of sp³-hybridized carbons (Fsp3) is 0.889. The van der Waals surface area contributed by atoms with Crippen molar-refractivity contribution in [3.63, 3.8) is 0 Å². The first-order chi connectivity index (χ1) is 14.2. The Morgan fingerprint density at radius 2 is 1.40 bits per heavy atom. The second-order valence-corrected chi connectivity index (χ2v) is 9.98. The third-order valence-electron chi connectivity index (χ3n) is 5.58. The van der Waals surface area contributed by atoms with Crippen LogP contribution in [0.15, 0.2) is 0 Å². The molecule has 1 amide bonds. The number of carboxylic acid groups (broad SMARTS) is 1. The first kappa shape index (κ1) is 25.0. The van der Waals surface area contributed by atoms with Crippen molar-refractivity contribution >= 4 is 22.6 Å². The summed E-state index contributed by atoms with van der Waals surface area (Å²) in [5.74, 6) is 0.104. The quantitative estimate of drug-likeness (QED) is 0.512. The predicted octanol–water partition coefficient (Wildman–Crippen LogP) is -1.57. The lowest BCUT2D eigenvalue weighted by Crippen LogP contribution is -2.58. The number of likely N-dealkylation sites (N-methyl/N-ethyl adjacent to an activating group) is 1. The number of hydrogen-bond acceptors (Lipinski definition) is 7. The van der Waals surface area contributed by atoms with E-state index < -0.39 is 10.2 Å². The molecule has 3 rings (SSSR count). The van der Waals surface area contributed by atoms with E-state index in [4.69, 9.17) is 14.6 Å². The zero-order valence-electron chi connectivity index (χ0n) is 18.1. The Morgan fingerprint density at radius 3 is 1.87 bits per heavy atom. The number of hydrogen-bond donors (Lipinski definition) is 1. The second kappa shape index (κ2) is 11.3. The smallest absolute Gasteiger partial charge is 0.290 e. The zero-order valence-corrected chi connectivity index (χ0v) is 19.0. The summed E-state index contributed by atoms with van der Waals surface area (Å²) < 4.78 is 34.5. The van der Waals surface area contributed by atoms with Gasteiger partial charge in [-0.3, -0.25) is 14.5 Å². The molecule has 0 saturated carbocycles. The monoisotopic (exact) mass is 449 g/mol. The van der Waals surface area contributed by atoms with Gasteiger partial charge in [-0.15, -0.1) is 0 Å². The van der Waals surface area contributed by atoms with Gasteiger partial charge in [-0.2, -0.15) is 17.0 Å². The van der Waals surface area contributed by atoms with Crippen LogP contribution in [0.25, 0.3) is 0 Å². The minimum absolute atomic E-state index is 0.0586. The summed E-state index contributed by atoms with van der Waals surface area (Å²) in [6.45, 7) is 10.0. The van der Waals surface area contributed by atoms with Gasteiger partial charge < -0.3 is 19.6 Å². The summed E-state index contributed by atoms with van der Waals surface area (Å²) in [6.07, 6.45) is 0.117. The van der Waals surface area contributed by atoms with Gasteiger partial charge in [0.1, 0.15) is 0 Å². The highest BCUT2D eigenvalue weighted by atomic mass is 32.2. The van der Waals surface area contributed by atoms with Crippen molar-refractivity contribution in [3.8, 4) is 0 Å². The van der Waals surface area contributed by atoms with E-state index in [0.717, 1.165) is 13.1 Å². The van der Waals surface area contributed by atoms with Crippen molar-refractivity contribution in [1.82, 2.24) is 23.3 Å². The first-order valence-electron chi connectivity index (χ1n) is 10.3. The van der Waals surface area contributed by atoms with Crippen LogP contribution < -0.4 is 0 Å². The molecule has 3 saturated heterocycles. The summed E-state index contributed by atoms with van der Waals surface area (Å²) in [6, 6.07) is 0. The fourth-order valence-corrected chi connectivity index (χ4v) is 5.55. The van der Waals surface area contributed by atoms with Gasteiger partial charge >= 0.3 is 0 Å². The summed E-state index contributed by atoms with van der Waals surface area (Å²) >= 11 is 0. The van der Waals surface area contributed by atoms with Gasteiger partial charge in [-0.05, 0) is 20.9 Å². The number of amides is 1. The summed E-state index contributed by atoms with van der Waals surface area (Å²) in [4.78, 5) is 27.0. The van der Waals surface area contributed by atoms with Crippen LogP contribution in [-0.4, -0.2) is 140 Å². The van der Waals surface area contributed by atoms with Crippen LogP contribution in [-0.2, 0) is 24.5 Å². The number of carbonyl (C=O) groups excluding carboxylic acids is 1. The van der Waals surface area contributed by atoms with E-state index >= 15 is 0 Å². The van der Waals surface area contributed by atoms with Crippen LogP contribution in [0.5, 0.6) is 0 Å². The highest BCUT2D eigenvalue weighted by molar-refractivity contribution is 7.86. The molecular formula is C18H35N5O6S. The summed E-state index contributed by atoms with van der Waals surface area (Å²) in [5, 5.41) is 6.89. The fourth-order valence-electron chi connectivity index (χ4n) is 3.97. The van der Waals surface area contributed by atoms with Gasteiger partial charge in [0.2, 0.25) is 5.91 Å². The Morgan fingerprint density at radius 1 is 0.967 bits per heavy atom. The van der Waals surface area contributed by atoms with Gasteiger partial charge in [0, 0.05) is 65.4 Å². The molecule has 0 bridgehead atoms. The van der Waals surface area contributed by atoms with Gasteiger partial charge in [0.15, 0.2) is 0 Å². The zero-order chi connectivity index (χ0) is 22.3. The first-order valence-corrected chi connectivity index (χ1v) is 11.7. The number of nitrogens with zero attached hydrogens (tertiary/aromatic N) is 5. The minimum atomic E-state index is -3.39. The number of piperazine rings is 2. The Balaban J connectivity index is 0.00000101. The van der Waals surface area contributed by atoms with Crippen LogP contribution in [0.4, 0.5) is 0 Å². The summed E-state index contributed by atoms with van der Waals surface area (Å²) in [7, 11) is -1.38. The Hall–Kier alpha value is -1.31. The molecule has 1 N–H and O–H groups in total. The number of morpholine rings is 1. The van der Waals surface area contributed by atoms with Gasteiger partial charge in [-0.1, -0.05) is 0 Å². The molecule has 11 nitrogen and oxygen atoms in total. The minimum Gasteiger partial charge on any atom is -0.483 e. The van der Waals surface area contributed by atoms with Gasteiger partial charge in [-0.25, -0.2) is 0 Å². The van der Waals surface area contributed by atoms with E-state index in [2.05, 4.69) is 9.80 Å². The molecule has 2 atom stereocenters. The van der Waals surface area contributed by atoms with Crippen LogP contribution in [0.2, 0.25) is 0 Å². The number of carbonyl (C=O) groups is 2. The maximum Gasteiger partial charge on any atom is 0.290 e. The Bertz CT molecular complexity index is 652. The molecule has 0 aromatic carbocycles. The highest BCUT2D eigenvalue weighted by Gasteiger charge is 2.34. The standard InChI is InChI=1S/C17H33N5O4S.CH2O2/c1-15-12-20(13-16(2)26-15)17(23)14-19-6-10-22(11-7-19)27(24,25)21-8-4-18(3)5-9-21;2-1-3/h15-16H,4-14H2,1-3H3;1H,(H,2,3)/t15-,16+;. The van der Waals surface area contributed by atoms with Crippen molar-refractivity contribution in [2.45, 2.75) is 26.1 Å².